The molecule has 2 rings (SSSR count). The van der Waals surface area contributed by atoms with E-state index in [1.54, 1.807) is 0 Å². The van der Waals surface area contributed by atoms with Crippen molar-refractivity contribution >= 4 is 0 Å². The summed E-state index contributed by atoms with van der Waals surface area (Å²) in [5.74, 6) is 0.746. The van der Waals surface area contributed by atoms with Crippen LogP contribution in [0, 0.1) is 5.92 Å². The highest BCUT2D eigenvalue weighted by molar-refractivity contribution is 5.18. The Morgan fingerprint density at radius 2 is 2.17 bits per heavy atom. The van der Waals surface area contributed by atoms with Gasteiger partial charge in [-0.3, -0.25) is 0 Å². The van der Waals surface area contributed by atoms with Crippen molar-refractivity contribution in [1.82, 2.24) is 0 Å². The molecule has 2 nitrogen and oxygen atoms in total. The number of hydrogen-bond acceptors (Lipinski definition) is 2. The van der Waals surface area contributed by atoms with Crippen molar-refractivity contribution < 1.29 is 4.74 Å². The van der Waals surface area contributed by atoms with Gasteiger partial charge in [-0.1, -0.05) is 37.8 Å². The molecule has 2 N–H and O–H groups in total. The number of allylic oxidation sites excluding steroid dienone is 1. The average Bonchev–Trinajstić information content (AvgIpc) is 2.66. The van der Waals surface area contributed by atoms with Crippen LogP contribution in [0.15, 0.2) is 11.6 Å². The molecule has 104 valence electrons. The van der Waals surface area contributed by atoms with Crippen LogP contribution in [0.2, 0.25) is 0 Å². The quantitative estimate of drug-likeness (QED) is 0.774. The lowest BCUT2D eigenvalue weighted by molar-refractivity contribution is -0.0635. The molecule has 0 aromatic rings. The largest absolute Gasteiger partial charge is 0.376 e. The third kappa shape index (κ3) is 2.97. The third-order valence-electron chi connectivity index (χ3n) is 4.94. The Labute approximate surface area is 112 Å². The van der Waals surface area contributed by atoms with E-state index in [4.69, 9.17) is 10.5 Å². The predicted octanol–water partition coefficient (Wildman–Crippen LogP) is 3.80. The van der Waals surface area contributed by atoms with Crippen molar-refractivity contribution in [2.75, 3.05) is 7.11 Å². The molecule has 2 aliphatic carbocycles. The van der Waals surface area contributed by atoms with Gasteiger partial charge in [-0.25, -0.2) is 0 Å². The lowest BCUT2D eigenvalue weighted by Crippen LogP contribution is -2.53. The van der Waals surface area contributed by atoms with Gasteiger partial charge in [0.05, 0.1) is 11.6 Å². The summed E-state index contributed by atoms with van der Waals surface area (Å²) in [4.78, 5) is 0. The molecule has 3 unspecified atom stereocenters. The van der Waals surface area contributed by atoms with Crippen molar-refractivity contribution in [2.24, 2.45) is 11.7 Å². The molecule has 0 heterocycles. The van der Waals surface area contributed by atoms with Crippen molar-refractivity contribution in [2.45, 2.75) is 76.4 Å². The second kappa shape index (κ2) is 6.21. The van der Waals surface area contributed by atoms with Crippen molar-refractivity contribution in [1.29, 1.82) is 0 Å². The summed E-state index contributed by atoms with van der Waals surface area (Å²) in [5, 5.41) is 0. The van der Waals surface area contributed by atoms with Crippen LogP contribution in [-0.4, -0.2) is 18.8 Å². The molecule has 0 amide bonds. The van der Waals surface area contributed by atoms with Gasteiger partial charge < -0.3 is 10.5 Å². The first-order valence-electron chi connectivity index (χ1n) is 7.67. The topological polar surface area (TPSA) is 35.2 Å². The van der Waals surface area contributed by atoms with Crippen LogP contribution < -0.4 is 5.73 Å². The minimum atomic E-state index is -0.0894. The van der Waals surface area contributed by atoms with Gasteiger partial charge in [-0.05, 0) is 44.4 Å². The second-order valence-electron chi connectivity index (χ2n) is 6.33. The summed E-state index contributed by atoms with van der Waals surface area (Å²) in [6.45, 7) is 2.33. The van der Waals surface area contributed by atoms with Crippen LogP contribution in [0.4, 0.5) is 0 Å². The standard InChI is InChI=1S/C16H29NO/c1-13-8-7-11-16(12-13,18-2)15(17)14-9-5-3-4-6-10-14/h9,13,15H,3-8,10-12,17H2,1-2H3. The van der Waals surface area contributed by atoms with E-state index in [0.29, 0.717) is 0 Å². The lowest BCUT2D eigenvalue weighted by Gasteiger charge is -2.44. The molecule has 3 atom stereocenters. The highest BCUT2D eigenvalue weighted by Gasteiger charge is 2.41. The number of methoxy groups -OCH3 is 1. The van der Waals surface area contributed by atoms with E-state index in [9.17, 15) is 0 Å². The minimum Gasteiger partial charge on any atom is -0.376 e. The molecular formula is C16H29NO. The van der Waals surface area contributed by atoms with E-state index in [2.05, 4.69) is 13.0 Å². The molecular weight excluding hydrogens is 222 g/mol. The van der Waals surface area contributed by atoms with Crippen LogP contribution >= 0.6 is 0 Å². The maximum Gasteiger partial charge on any atom is 0.0869 e. The summed E-state index contributed by atoms with van der Waals surface area (Å²) in [5.41, 5.74) is 7.98. The monoisotopic (exact) mass is 251 g/mol. The zero-order valence-electron chi connectivity index (χ0n) is 12.1. The molecule has 0 spiro atoms. The summed E-state index contributed by atoms with van der Waals surface area (Å²) in [6.07, 6.45) is 13.6. The maximum absolute atomic E-state index is 6.61. The van der Waals surface area contributed by atoms with Crippen LogP contribution in [0.3, 0.4) is 0 Å². The zero-order valence-corrected chi connectivity index (χ0v) is 12.1. The molecule has 0 aromatic carbocycles. The molecule has 18 heavy (non-hydrogen) atoms. The first kappa shape index (κ1) is 14.1. The first-order chi connectivity index (χ1) is 8.68. The summed E-state index contributed by atoms with van der Waals surface area (Å²) in [7, 11) is 1.86. The van der Waals surface area contributed by atoms with Crippen LogP contribution in [0.25, 0.3) is 0 Å². The average molecular weight is 251 g/mol. The van der Waals surface area contributed by atoms with E-state index in [0.717, 1.165) is 18.8 Å². The minimum absolute atomic E-state index is 0.0894. The Hall–Kier alpha value is -0.340. The molecule has 2 aliphatic rings. The number of hydrogen-bond donors (Lipinski definition) is 1. The Bertz CT molecular complexity index is 299. The molecule has 1 fully saturated rings. The van der Waals surface area contributed by atoms with Crippen molar-refractivity contribution in [3.05, 3.63) is 11.6 Å². The summed E-state index contributed by atoms with van der Waals surface area (Å²) in [6, 6.07) is 0.114. The van der Waals surface area contributed by atoms with Gasteiger partial charge in [0.2, 0.25) is 0 Å². The molecule has 0 bridgehead atoms. The SMILES string of the molecule is COC1(C(N)C2=CCCCCC2)CCCC(C)C1. The second-order valence-corrected chi connectivity index (χ2v) is 6.33. The predicted molar refractivity (Wildman–Crippen MR) is 76.5 cm³/mol. The highest BCUT2D eigenvalue weighted by Crippen LogP contribution is 2.39. The molecule has 0 aromatic heterocycles. The number of nitrogens with two attached hydrogens (primary N) is 1. The number of ether oxygens (including phenoxy) is 1. The van der Waals surface area contributed by atoms with Gasteiger partial charge >= 0.3 is 0 Å². The van der Waals surface area contributed by atoms with Gasteiger partial charge in [0.1, 0.15) is 0 Å². The Kier molecular flexibility index (Phi) is 4.85. The molecule has 0 radical (unpaired) electrons. The third-order valence-corrected chi connectivity index (χ3v) is 4.94. The van der Waals surface area contributed by atoms with Gasteiger partial charge in [-0.2, -0.15) is 0 Å². The van der Waals surface area contributed by atoms with Gasteiger partial charge in [-0.15, -0.1) is 0 Å². The Balaban J connectivity index is 2.12. The van der Waals surface area contributed by atoms with E-state index < -0.39 is 0 Å². The normalized spacial score (nSPS) is 35.7. The highest BCUT2D eigenvalue weighted by atomic mass is 16.5. The maximum atomic E-state index is 6.61. The van der Waals surface area contributed by atoms with E-state index in [-0.39, 0.29) is 11.6 Å². The van der Waals surface area contributed by atoms with E-state index in [1.165, 1.54) is 50.5 Å². The fraction of sp³-hybridized carbons (Fsp3) is 0.875. The molecule has 1 saturated carbocycles. The summed E-state index contributed by atoms with van der Waals surface area (Å²) >= 11 is 0. The van der Waals surface area contributed by atoms with Crippen LogP contribution in [-0.2, 0) is 4.74 Å². The van der Waals surface area contributed by atoms with Crippen LogP contribution in [0.1, 0.15) is 64.7 Å². The Morgan fingerprint density at radius 1 is 1.33 bits per heavy atom. The molecule has 2 heteroatoms. The van der Waals surface area contributed by atoms with E-state index in [1.807, 2.05) is 7.11 Å². The van der Waals surface area contributed by atoms with Gasteiger partial charge in [0.25, 0.3) is 0 Å². The lowest BCUT2D eigenvalue weighted by atomic mass is 9.72. The zero-order chi connectivity index (χ0) is 13.0. The fourth-order valence-electron chi connectivity index (χ4n) is 3.80. The molecule has 0 saturated heterocycles. The first-order valence-corrected chi connectivity index (χ1v) is 7.67. The van der Waals surface area contributed by atoms with Gasteiger partial charge in [0, 0.05) is 7.11 Å². The van der Waals surface area contributed by atoms with Crippen molar-refractivity contribution in [3.8, 4) is 0 Å². The van der Waals surface area contributed by atoms with Gasteiger partial charge in [0.15, 0.2) is 0 Å². The van der Waals surface area contributed by atoms with Crippen LogP contribution in [0.5, 0.6) is 0 Å². The smallest absolute Gasteiger partial charge is 0.0869 e. The van der Waals surface area contributed by atoms with E-state index >= 15 is 0 Å². The fourth-order valence-corrected chi connectivity index (χ4v) is 3.80. The molecule has 0 aliphatic heterocycles. The van der Waals surface area contributed by atoms with Crippen molar-refractivity contribution in [3.63, 3.8) is 0 Å². The number of rotatable bonds is 3. The Morgan fingerprint density at radius 3 is 2.89 bits per heavy atom. The summed E-state index contributed by atoms with van der Waals surface area (Å²) < 4.78 is 5.94.